The van der Waals surface area contributed by atoms with Crippen LogP contribution in [0, 0.1) is 11.7 Å². The maximum absolute atomic E-state index is 13.5. The molecule has 1 atom stereocenters. The molecule has 1 aromatic heterocycles. The fraction of sp³-hybridized carbons (Fsp3) is 0.346. The van der Waals surface area contributed by atoms with Crippen LogP contribution in [0.1, 0.15) is 29.8 Å². The van der Waals surface area contributed by atoms with Crippen molar-refractivity contribution in [3.05, 3.63) is 77.7 Å². The van der Waals surface area contributed by atoms with Crippen molar-refractivity contribution >= 4 is 22.7 Å². The minimum absolute atomic E-state index is 0.0961. The normalized spacial score (nSPS) is 16.9. The molecule has 0 unspecified atom stereocenters. The van der Waals surface area contributed by atoms with Crippen LogP contribution in [0.4, 0.5) is 4.39 Å². The van der Waals surface area contributed by atoms with Gasteiger partial charge in [-0.3, -0.25) is 14.6 Å². The number of fused-ring (bicyclic) bond motifs is 1. The Labute approximate surface area is 192 Å². The van der Waals surface area contributed by atoms with E-state index in [1.165, 1.54) is 18.2 Å². The minimum atomic E-state index is -1.15. The van der Waals surface area contributed by atoms with Gasteiger partial charge in [0.25, 0.3) is 5.91 Å². The summed E-state index contributed by atoms with van der Waals surface area (Å²) in [5, 5.41) is 3.84. The highest BCUT2D eigenvalue weighted by molar-refractivity contribution is 5.99. The molecule has 33 heavy (non-hydrogen) atoms. The summed E-state index contributed by atoms with van der Waals surface area (Å²) in [7, 11) is 0. The number of ether oxygens (including phenoxy) is 1. The van der Waals surface area contributed by atoms with Gasteiger partial charge in [-0.1, -0.05) is 30.3 Å². The molecule has 0 aliphatic carbocycles. The maximum Gasteiger partial charge on any atom is 0.252 e. The smallest absolute Gasteiger partial charge is 0.252 e. The number of aromatic nitrogens is 1. The van der Waals surface area contributed by atoms with Crippen LogP contribution in [0.25, 0.3) is 10.9 Å². The number of hydrogen-bond donors (Lipinski definition) is 1. The van der Waals surface area contributed by atoms with E-state index in [1.807, 2.05) is 24.3 Å². The van der Waals surface area contributed by atoms with Gasteiger partial charge in [0.05, 0.1) is 18.7 Å². The van der Waals surface area contributed by atoms with E-state index in [-0.39, 0.29) is 17.4 Å². The SMILES string of the molecule is CC(C)(NC(=O)c1cccc(F)c1)C(=O)N1CCOC[C@H](Cc2cccc3cccnc23)C1. The Morgan fingerprint density at radius 2 is 1.97 bits per heavy atom. The molecule has 1 aliphatic rings. The third-order valence-electron chi connectivity index (χ3n) is 5.90. The molecular weight excluding hydrogens is 421 g/mol. The van der Waals surface area contributed by atoms with Crippen molar-refractivity contribution in [3.8, 4) is 0 Å². The van der Waals surface area contributed by atoms with Crippen molar-refractivity contribution in [3.63, 3.8) is 0 Å². The molecule has 1 saturated heterocycles. The highest BCUT2D eigenvalue weighted by Gasteiger charge is 2.35. The van der Waals surface area contributed by atoms with Crippen LogP contribution < -0.4 is 5.32 Å². The highest BCUT2D eigenvalue weighted by atomic mass is 19.1. The third kappa shape index (κ3) is 5.37. The summed E-state index contributed by atoms with van der Waals surface area (Å²) in [4.78, 5) is 32.3. The quantitative estimate of drug-likeness (QED) is 0.646. The first-order valence-electron chi connectivity index (χ1n) is 11.1. The summed E-state index contributed by atoms with van der Waals surface area (Å²) in [5.74, 6) is -1.09. The standard InChI is InChI=1S/C26H28FN3O3/c1-26(2,29-24(31)21-8-4-10-22(27)15-21)25(32)30-12-13-33-17-18(16-30)14-20-7-3-6-19-9-5-11-28-23(19)20/h3-11,15,18H,12-14,16-17H2,1-2H3,(H,29,31)/t18-/m1/s1. The molecule has 7 heteroatoms. The fourth-order valence-electron chi connectivity index (χ4n) is 4.27. The van der Waals surface area contributed by atoms with Gasteiger partial charge in [0.15, 0.2) is 0 Å². The molecule has 6 nitrogen and oxygen atoms in total. The van der Waals surface area contributed by atoms with E-state index in [1.54, 1.807) is 24.9 Å². The van der Waals surface area contributed by atoms with Crippen molar-refractivity contribution in [2.24, 2.45) is 5.92 Å². The molecule has 2 aromatic carbocycles. The molecule has 1 N–H and O–H groups in total. The molecular formula is C26H28FN3O3. The average Bonchev–Trinajstić information content (AvgIpc) is 3.04. The Bertz CT molecular complexity index is 1160. The largest absolute Gasteiger partial charge is 0.379 e. The number of halogens is 1. The van der Waals surface area contributed by atoms with Gasteiger partial charge in [-0.25, -0.2) is 4.39 Å². The lowest BCUT2D eigenvalue weighted by molar-refractivity contribution is -0.137. The molecule has 4 rings (SSSR count). The first-order chi connectivity index (χ1) is 15.8. The van der Waals surface area contributed by atoms with Gasteiger partial charge in [0, 0.05) is 36.2 Å². The summed E-state index contributed by atoms with van der Waals surface area (Å²) in [5.41, 5.74) is 1.11. The first kappa shape index (κ1) is 22.9. The second kappa shape index (κ2) is 9.67. The molecule has 0 bridgehead atoms. The van der Waals surface area contributed by atoms with Gasteiger partial charge >= 0.3 is 0 Å². The zero-order chi connectivity index (χ0) is 23.4. The summed E-state index contributed by atoms with van der Waals surface area (Å²) in [6, 6.07) is 15.5. The molecule has 3 aromatic rings. The van der Waals surface area contributed by atoms with Gasteiger partial charge in [-0.15, -0.1) is 0 Å². The predicted octanol–water partition coefficient (Wildman–Crippen LogP) is 3.60. The number of carbonyl (C=O) groups is 2. The molecule has 0 radical (unpaired) electrons. The molecule has 1 aliphatic heterocycles. The Hall–Kier alpha value is -3.32. The van der Waals surface area contributed by atoms with Gasteiger partial charge in [0.1, 0.15) is 11.4 Å². The van der Waals surface area contributed by atoms with E-state index < -0.39 is 17.3 Å². The molecule has 2 amide bonds. The Morgan fingerprint density at radius 3 is 2.79 bits per heavy atom. The van der Waals surface area contributed by atoms with Crippen LogP contribution >= 0.6 is 0 Å². The van der Waals surface area contributed by atoms with E-state index in [4.69, 9.17) is 4.74 Å². The van der Waals surface area contributed by atoms with Crippen LogP contribution in [0.2, 0.25) is 0 Å². The number of carbonyl (C=O) groups excluding carboxylic acids is 2. The lowest BCUT2D eigenvalue weighted by Gasteiger charge is -2.33. The number of pyridine rings is 1. The van der Waals surface area contributed by atoms with Gasteiger partial charge in [-0.05, 0) is 50.1 Å². The minimum Gasteiger partial charge on any atom is -0.379 e. The predicted molar refractivity (Wildman–Crippen MR) is 124 cm³/mol. The van der Waals surface area contributed by atoms with Crippen molar-refractivity contribution in [1.82, 2.24) is 15.2 Å². The Kier molecular flexibility index (Phi) is 6.70. The van der Waals surface area contributed by atoms with Crippen LogP contribution in [0.5, 0.6) is 0 Å². The van der Waals surface area contributed by atoms with E-state index in [0.29, 0.717) is 26.3 Å². The molecule has 0 spiro atoms. The Morgan fingerprint density at radius 1 is 1.18 bits per heavy atom. The first-order valence-corrected chi connectivity index (χ1v) is 11.1. The van der Waals surface area contributed by atoms with Crippen molar-refractivity contribution in [1.29, 1.82) is 0 Å². The monoisotopic (exact) mass is 449 g/mol. The number of benzene rings is 2. The number of hydrogen-bond acceptors (Lipinski definition) is 4. The van der Waals surface area contributed by atoms with Gasteiger partial charge in [0.2, 0.25) is 5.91 Å². The number of nitrogens with one attached hydrogen (secondary N) is 1. The maximum atomic E-state index is 13.5. The van der Waals surface area contributed by atoms with Gasteiger partial charge < -0.3 is 15.0 Å². The number of rotatable bonds is 5. The van der Waals surface area contributed by atoms with Crippen LogP contribution in [0.15, 0.2) is 60.8 Å². The molecule has 172 valence electrons. The fourth-order valence-corrected chi connectivity index (χ4v) is 4.27. The van der Waals surface area contributed by atoms with Crippen LogP contribution in [-0.2, 0) is 16.0 Å². The lowest BCUT2D eigenvalue weighted by atomic mass is 9.96. The lowest BCUT2D eigenvalue weighted by Crippen LogP contribution is -2.57. The van der Waals surface area contributed by atoms with E-state index >= 15 is 0 Å². The zero-order valence-electron chi connectivity index (χ0n) is 18.9. The van der Waals surface area contributed by atoms with Crippen LogP contribution in [0.3, 0.4) is 0 Å². The van der Waals surface area contributed by atoms with Crippen molar-refractivity contribution in [2.45, 2.75) is 25.8 Å². The van der Waals surface area contributed by atoms with Gasteiger partial charge in [-0.2, -0.15) is 0 Å². The van der Waals surface area contributed by atoms with E-state index in [9.17, 15) is 14.0 Å². The topological polar surface area (TPSA) is 71.5 Å². The summed E-state index contributed by atoms with van der Waals surface area (Å²) >= 11 is 0. The second-order valence-electron chi connectivity index (χ2n) is 8.98. The molecule has 2 heterocycles. The summed E-state index contributed by atoms with van der Waals surface area (Å²) in [6.45, 7) is 5.28. The van der Waals surface area contributed by atoms with Crippen LogP contribution in [-0.4, -0.2) is 53.5 Å². The van der Waals surface area contributed by atoms with E-state index in [2.05, 4.69) is 16.4 Å². The number of amides is 2. The second-order valence-corrected chi connectivity index (χ2v) is 8.98. The molecule has 1 fully saturated rings. The zero-order valence-corrected chi connectivity index (χ0v) is 18.9. The molecule has 0 saturated carbocycles. The average molecular weight is 450 g/mol. The summed E-state index contributed by atoms with van der Waals surface area (Å²) in [6.07, 6.45) is 2.52. The third-order valence-corrected chi connectivity index (χ3v) is 5.90. The highest BCUT2D eigenvalue weighted by Crippen LogP contribution is 2.22. The number of para-hydroxylation sites is 1. The number of nitrogens with zero attached hydrogens (tertiary/aromatic N) is 2. The van der Waals surface area contributed by atoms with Crippen molar-refractivity contribution < 1.29 is 18.7 Å². The van der Waals surface area contributed by atoms with E-state index in [0.717, 1.165) is 29.0 Å². The summed E-state index contributed by atoms with van der Waals surface area (Å²) < 4.78 is 19.3. The van der Waals surface area contributed by atoms with Crippen molar-refractivity contribution in [2.75, 3.05) is 26.3 Å². The Balaban J connectivity index is 1.47.